The number of nitrogen functional groups attached to an aromatic ring is 1. The Balaban J connectivity index is 2.23. The third-order valence-electron chi connectivity index (χ3n) is 2.87. The zero-order valence-corrected chi connectivity index (χ0v) is 10.5. The number of fused-ring (bicyclic) bond motifs is 1. The summed E-state index contributed by atoms with van der Waals surface area (Å²) in [7, 11) is 0. The van der Waals surface area contributed by atoms with Crippen LogP contribution in [0.3, 0.4) is 0 Å². The second-order valence-corrected chi connectivity index (χ2v) is 4.61. The molecule has 18 heavy (non-hydrogen) atoms. The number of benzene rings is 2. The molecular weight excluding hydrogens is 248 g/mol. The van der Waals surface area contributed by atoms with Crippen LogP contribution in [-0.2, 0) is 0 Å². The summed E-state index contributed by atoms with van der Waals surface area (Å²) in [5.74, 6) is 0.567. The van der Waals surface area contributed by atoms with Gasteiger partial charge in [0, 0.05) is 10.6 Å². The number of para-hydroxylation sites is 1. The molecule has 0 amide bonds. The van der Waals surface area contributed by atoms with Gasteiger partial charge < -0.3 is 10.2 Å². The predicted molar refractivity (Wildman–Crippen MR) is 73.6 cm³/mol. The third kappa shape index (κ3) is 1.73. The lowest BCUT2D eigenvalue weighted by atomic mass is 10.1. The number of rotatable bonds is 1. The molecule has 0 radical (unpaired) electrons. The Kier molecular flexibility index (Phi) is 2.49. The molecule has 0 fully saturated rings. The molecule has 0 unspecified atom stereocenters. The minimum Gasteiger partial charge on any atom is -0.436 e. The van der Waals surface area contributed by atoms with Crippen LogP contribution in [0.1, 0.15) is 5.56 Å². The SMILES string of the molecule is Cc1cc(Cl)ccc1-c1nc2c(N)cccc2o1. The molecule has 3 aromatic rings. The van der Waals surface area contributed by atoms with Gasteiger partial charge in [-0.05, 0) is 42.8 Å². The average Bonchev–Trinajstić information content (AvgIpc) is 2.74. The Hall–Kier alpha value is -2.00. The summed E-state index contributed by atoms with van der Waals surface area (Å²) < 4.78 is 5.72. The summed E-state index contributed by atoms with van der Waals surface area (Å²) >= 11 is 5.94. The van der Waals surface area contributed by atoms with Crippen LogP contribution in [0.15, 0.2) is 40.8 Å². The van der Waals surface area contributed by atoms with Crippen LogP contribution >= 0.6 is 11.6 Å². The molecule has 1 aromatic heterocycles. The number of hydrogen-bond donors (Lipinski definition) is 1. The zero-order chi connectivity index (χ0) is 12.7. The van der Waals surface area contributed by atoms with Crippen molar-refractivity contribution in [3.05, 3.63) is 47.0 Å². The number of aromatic nitrogens is 1. The Bertz CT molecular complexity index is 734. The van der Waals surface area contributed by atoms with Gasteiger partial charge in [0.25, 0.3) is 0 Å². The van der Waals surface area contributed by atoms with Crippen molar-refractivity contribution in [1.82, 2.24) is 4.98 Å². The number of oxazole rings is 1. The van der Waals surface area contributed by atoms with Crippen LogP contribution in [0.2, 0.25) is 5.02 Å². The van der Waals surface area contributed by atoms with Gasteiger partial charge >= 0.3 is 0 Å². The summed E-state index contributed by atoms with van der Waals surface area (Å²) in [5.41, 5.74) is 9.82. The zero-order valence-electron chi connectivity index (χ0n) is 9.77. The normalized spacial score (nSPS) is 11.0. The Morgan fingerprint density at radius 1 is 1.22 bits per heavy atom. The van der Waals surface area contributed by atoms with E-state index < -0.39 is 0 Å². The molecule has 3 rings (SSSR count). The highest BCUT2D eigenvalue weighted by Crippen LogP contribution is 2.30. The first-order valence-electron chi connectivity index (χ1n) is 5.57. The standard InChI is InChI=1S/C14H11ClN2O/c1-8-7-9(15)5-6-10(8)14-17-13-11(16)3-2-4-12(13)18-14/h2-7H,16H2,1H3. The highest BCUT2D eigenvalue weighted by molar-refractivity contribution is 6.30. The fraction of sp³-hybridized carbons (Fsp3) is 0.0714. The van der Waals surface area contributed by atoms with Crippen LogP contribution in [0.4, 0.5) is 5.69 Å². The second kappa shape index (κ2) is 4.03. The number of halogens is 1. The molecule has 0 atom stereocenters. The van der Waals surface area contributed by atoms with Crippen molar-refractivity contribution in [2.75, 3.05) is 5.73 Å². The molecule has 2 N–H and O–H groups in total. The first-order valence-corrected chi connectivity index (χ1v) is 5.94. The molecule has 0 spiro atoms. The summed E-state index contributed by atoms with van der Waals surface area (Å²) in [6.07, 6.45) is 0. The molecular formula is C14H11ClN2O. The van der Waals surface area contributed by atoms with Crippen LogP contribution < -0.4 is 5.73 Å². The monoisotopic (exact) mass is 258 g/mol. The second-order valence-electron chi connectivity index (χ2n) is 4.17. The predicted octanol–water partition coefficient (Wildman–Crippen LogP) is 4.04. The Morgan fingerprint density at radius 2 is 2.06 bits per heavy atom. The van der Waals surface area contributed by atoms with E-state index >= 15 is 0 Å². The molecule has 90 valence electrons. The first kappa shape index (κ1) is 11.1. The highest BCUT2D eigenvalue weighted by Gasteiger charge is 2.12. The Labute approximate surface area is 109 Å². The molecule has 2 aromatic carbocycles. The number of anilines is 1. The lowest BCUT2D eigenvalue weighted by Gasteiger charge is -2.00. The first-order chi connectivity index (χ1) is 8.65. The maximum absolute atomic E-state index is 5.94. The Morgan fingerprint density at radius 3 is 2.78 bits per heavy atom. The van der Waals surface area contributed by atoms with Crippen molar-refractivity contribution in [2.24, 2.45) is 0 Å². The maximum atomic E-state index is 5.94. The highest BCUT2D eigenvalue weighted by atomic mass is 35.5. The van der Waals surface area contributed by atoms with Gasteiger partial charge in [0.2, 0.25) is 5.89 Å². The molecule has 0 bridgehead atoms. The summed E-state index contributed by atoms with van der Waals surface area (Å²) in [5, 5.41) is 0.701. The van der Waals surface area contributed by atoms with Gasteiger partial charge in [0.1, 0.15) is 5.52 Å². The number of aryl methyl sites for hydroxylation is 1. The fourth-order valence-corrected chi connectivity index (χ4v) is 2.18. The lowest BCUT2D eigenvalue weighted by Crippen LogP contribution is -1.86. The number of nitrogens with two attached hydrogens (primary N) is 1. The average molecular weight is 259 g/mol. The van der Waals surface area contributed by atoms with E-state index in [-0.39, 0.29) is 0 Å². The van der Waals surface area contributed by atoms with Crippen molar-refractivity contribution < 1.29 is 4.42 Å². The van der Waals surface area contributed by atoms with Crippen LogP contribution in [-0.4, -0.2) is 4.98 Å². The van der Waals surface area contributed by atoms with Gasteiger partial charge in [-0.3, -0.25) is 0 Å². The van der Waals surface area contributed by atoms with E-state index in [0.717, 1.165) is 11.1 Å². The van der Waals surface area contributed by atoms with Gasteiger partial charge in [0.05, 0.1) is 5.69 Å². The van der Waals surface area contributed by atoms with E-state index in [0.29, 0.717) is 27.7 Å². The minimum absolute atomic E-state index is 0.567. The smallest absolute Gasteiger partial charge is 0.227 e. The van der Waals surface area contributed by atoms with Crippen molar-refractivity contribution in [2.45, 2.75) is 6.92 Å². The number of hydrogen-bond acceptors (Lipinski definition) is 3. The summed E-state index contributed by atoms with van der Waals surface area (Å²) in [4.78, 5) is 4.44. The van der Waals surface area contributed by atoms with E-state index in [9.17, 15) is 0 Å². The van der Waals surface area contributed by atoms with Crippen molar-refractivity contribution in [3.63, 3.8) is 0 Å². The van der Waals surface area contributed by atoms with Crippen molar-refractivity contribution in [1.29, 1.82) is 0 Å². The van der Waals surface area contributed by atoms with Gasteiger partial charge in [-0.2, -0.15) is 0 Å². The quantitative estimate of drug-likeness (QED) is 0.670. The van der Waals surface area contributed by atoms with Crippen molar-refractivity contribution in [3.8, 4) is 11.5 Å². The maximum Gasteiger partial charge on any atom is 0.227 e. The van der Waals surface area contributed by atoms with E-state index in [4.69, 9.17) is 21.8 Å². The molecule has 4 heteroatoms. The van der Waals surface area contributed by atoms with E-state index in [1.54, 1.807) is 0 Å². The van der Waals surface area contributed by atoms with Crippen molar-refractivity contribution >= 4 is 28.4 Å². The largest absolute Gasteiger partial charge is 0.436 e. The van der Waals surface area contributed by atoms with E-state index in [1.807, 2.05) is 43.3 Å². The third-order valence-corrected chi connectivity index (χ3v) is 3.10. The van der Waals surface area contributed by atoms with E-state index in [1.165, 1.54) is 0 Å². The molecule has 3 nitrogen and oxygen atoms in total. The van der Waals surface area contributed by atoms with E-state index in [2.05, 4.69) is 4.98 Å². The van der Waals surface area contributed by atoms with Crippen LogP contribution in [0.25, 0.3) is 22.6 Å². The number of nitrogens with zero attached hydrogens (tertiary/aromatic N) is 1. The summed E-state index contributed by atoms with van der Waals surface area (Å²) in [6, 6.07) is 11.1. The van der Waals surface area contributed by atoms with Crippen LogP contribution in [0.5, 0.6) is 0 Å². The lowest BCUT2D eigenvalue weighted by molar-refractivity contribution is 0.619. The van der Waals surface area contributed by atoms with Gasteiger partial charge in [-0.25, -0.2) is 4.98 Å². The molecule has 0 saturated heterocycles. The van der Waals surface area contributed by atoms with Gasteiger partial charge in [0.15, 0.2) is 5.58 Å². The molecule has 0 aliphatic carbocycles. The molecule has 0 aliphatic heterocycles. The summed E-state index contributed by atoms with van der Waals surface area (Å²) in [6.45, 7) is 1.97. The fourth-order valence-electron chi connectivity index (χ4n) is 1.95. The van der Waals surface area contributed by atoms with Crippen LogP contribution in [0, 0.1) is 6.92 Å². The van der Waals surface area contributed by atoms with Gasteiger partial charge in [-0.1, -0.05) is 17.7 Å². The van der Waals surface area contributed by atoms with Gasteiger partial charge in [-0.15, -0.1) is 0 Å². The molecule has 0 aliphatic rings. The molecule has 1 heterocycles. The molecule has 0 saturated carbocycles. The minimum atomic E-state index is 0.567. The topological polar surface area (TPSA) is 52.0 Å².